The molecule has 2 aromatic carbocycles. The molecule has 3 aromatic rings. The first-order valence-electron chi connectivity index (χ1n) is 8.66. The van der Waals surface area contributed by atoms with Crippen molar-refractivity contribution in [2.75, 3.05) is 7.11 Å². The average Bonchev–Trinajstić information content (AvgIpc) is 3.10. The third kappa shape index (κ3) is 4.14. The lowest BCUT2D eigenvalue weighted by atomic mass is 10.2. The van der Waals surface area contributed by atoms with E-state index in [1.165, 1.54) is 11.8 Å². The quantitative estimate of drug-likeness (QED) is 0.631. The molecule has 3 rings (SSSR count). The number of carbonyl (C=O) groups is 1. The lowest BCUT2D eigenvalue weighted by Crippen LogP contribution is -2.25. The highest BCUT2D eigenvalue weighted by Gasteiger charge is 2.22. The fourth-order valence-electron chi connectivity index (χ4n) is 2.67. The Morgan fingerprint density at radius 3 is 2.37 bits per heavy atom. The van der Waals surface area contributed by atoms with Gasteiger partial charge in [0.1, 0.15) is 5.75 Å². The summed E-state index contributed by atoms with van der Waals surface area (Å²) in [6.45, 7) is 3.97. The zero-order chi connectivity index (χ0) is 19.4. The SMILES string of the molecule is CCC(Sc1nnc(-c2ccc(OC)cc2)n1-c1ccc(C)cc1)C(N)=O. The second kappa shape index (κ2) is 8.26. The van der Waals surface area contributed by atoms with Crippen LogP contribution in [0.4, 0.5) is 0 Å². The summed E-state index contributed by atoms with van der Waals surface area (Å²) in [6.07, 6.45) is 0.624. The summed E-state index contributed by atoms with van der Waals surface area (Å²) < 4.78 is 7.19. The van der Waals surface area contributed by atoms with Crippen molar-refractivity contribution in [3.8, 4) is 22.8 Å². The van der Waals surface area contributed by atoms with E-state index in [1.54, 1.807) is 7.11 Å². The molecule has 1 unspecified atom stereocenters. The molecule has 0 radical (unpaired) electrons. The number of thioether (sulfide) groups is 1. The molecule has 0 fully saturated rings. The topological polar surface area (TPSA) is 83.0 Å². The van der Waals surface area contributed by atoms with Crippen LogP contribution in [0.15, 0.2) is 53.7 Å². The minimum Gasteiger partial charge on any atom is -0.497 e. The molecular formula is C20H22N4O2S. The highest BCUT2D eigenvalue weighted by Crippen LogP contribution is 2.31. The van der Waals surface area contributed by atoms with E-state index in [0.29, 0.717) is 17.4 Å². The standard InChI is InChI=1S/C20H22N4O2S/c1-4-17(18(21)25)27-20-23-22-19(14-7-11-16(26-3)12-8-14)24(20)15-9-5-13(2)6-10-15/h5-12,17H,4H2,1-3H3,(H2,21,25). The van der Waals surface area contributed by atoms with Gasteiger partial charge in [-0.3, -0.25) is 9.36 Å². The van der Waals surface area contributed by atoms with E-state index in [4.69, 9.17) is 10.5 Å². The molecule has 0 aliphatic carbocycles. The van der Waals surface area contributed by atoms with Crippen molar-refractivity contribution < 1.29 is 9.53 Å². The van der Waals surface area contributed by atoms with Crippen LogP contribution in [0.2, 0.25) is 0 Å². The first-order valence-corrected chi connectivity index (χ1v) is 9.54. The number of primary amides is 1. The fourth-order valence-corrected chi connectivity index (χ4v) is 3.59. The lowest BCUT2D eigenvalue weighted by molar-refractivity contribution is -0.117. The third-order valence-corrected chi connectivity index (χ3v) is 5.53. The van der Waals surface area contributed by atoms with Gasteiger partial charge in [-0.15, -0.1) is 10.2 Å². The average molecular weight is 382 g/mol. The van der Waals surface area contributed by atoms with E-state index in [-0.39, 0.29) is 11.2 Å². The number of benzene rings is 2. The van der Waals surface area contributed by atoms with Gasteiger partial charge in [0.15, 0.2) is 11.0 Å². The Kier molecular flexibility index (Phi) is 5.81. The molecule has 6 nitrogen and oxygen atoms in total. The summed E-state index contributed by atoms with van der Waals surface area (Å²) in [7, 11) is 1.63. The molecule has 0 saturated heterocycles. The van der Waals surface area contributed by atoms with Gasteiger partial charge in [-0.1, -0.05) is 36.4 Å². The molecule has 7 heteroatoms. The minimum absolute atomic E-state index is 0.355. The lowest BCUT2D eigenvalue weighted by Gasteiger charge is -2.14. The van der Waals surface area contributed by atoms with Crippen molar-refractivity contribution >= 4 is 17.7 Å². The Bertz CT molecular complexity index is 920. The molecule has 2 N–H and O–H groups in total. The molecule has 0 bridgehead atoms. The largest absolute Gasteiger partial charge is 0.497 e. The molecular weight excluding hydrogens is 360 g/mol. The molecule has 0 aliphatic heterocycles. The molecule has 0 saturated carbocycles. The molecule has 27 heavy (non-hydrogen) atoms. The van der Waals surface area contributed by atoms with Crippen LogP contribution in [0, 0.1) is 6.92 Å². The Morgan fingerprint density at radius 1 is 1.15 bits per heavy atom. The van der Waals surface area contributed by atoms with E-state index in [9.17, 15) is 4.79 Å². The van der Waals surface area contributed by atoms with Gasteiger partial charge in [-0.2, -0.15) is 0 Å². The van der Waals surface area contributed by atoms with Crippen LogP contribution in [0.1, 0.15) is 18.9 Å². The number of methoxy groups -OCH3 is 1. The monoisotopic (exact) mass is 382 g/mol. The molecule has 1 amide bonds. The Morgan fingerprint density at radius 2 is 1.81 bits per heavy atom. The first kappa shape index (κ1) is 19.0. The van der Waals surface area contributed by atoms with Crippen LogP contribution < -0.4 is 10.5 Å². The summed E-state index contributed by atoms with van der Waals surface area (Å²) in [5.41, 5.74) is 8.52. The summed E-state index contributed by atoms with van der Waals surface area (Å²) in [5.74, 6) is 1.12. The van der Waals surface area contributed by atoms with Gasteiger partial charge in [0, 0.05) is 11.3 Å². The zero-order valence-electron chi connectivity index (χ0n) is 15.5. The van der Waals surface area contributed by atoms with E-state index >= 15 is 0 Å². The van der Waals surface area contributed by atoms with Gasteiger partial charge < -0.3 is 10.5 Å². The van der Waals surface area contributed by atoms with Gasteiger partial charge in [-0.05, 0) is 49.7 Å². The van der Waals surface area contributed by atoms with Gasteiger partial charge in [0.2, 0.25) is 5.91 Å². The zero-order valence-corrected chi connectivity index (χ0v) is 16.4. The predicted octanol–water partition coefficient (Wildman–Crippen LogP) is 3.61. The van der Waals surface area contributed by atoms with Crippen molar-refractivity contribution in [1.29, 1.82) is 0 Å². The molecule has 1 aromatic heterocycles. The highest BCUT2D eigenvalue weighted by atomic mass is 32.2. The highest BCUT2D eigenvalue weighted by molar-refractivity contribution is 8.00. The van der Waals surface area contributed by atoms with Crippen LogP contribution in [0.3, 0.4) is 0 Å². The number of aryl methyl sites for hydroxylation is 1. The van der Waals surface area contributed by atoms with E-state index in [1.807, 2.05) is 66.9 Å². The van der Waals surface area contributed by atoms with E-state index in [2.05, 4.69) is 10.2 Å². The number of amides is 1. The summed E-state index contributed by atoms with van der Waals surface area (Å²) >= 11 is 1.34. The second-order valence-electron chi connectivity index (χ2n) is 6.12. The number of nitrogens with zero attached hydrogens (tertiary/aromatic N) is 3. The molecule has 1 heterocycles. The van der Waals surface area contributed by atoms with Crippen LogP contribution >= 0.6 is 11.8 Å². The number of aromatic nitrogens is 3. The molecule has 1 atom stereocenters. The van der Waals surface area contributed by atoms with Crippen molar-refractivity contribution in [3.63, 3.8) is 0 Å². The maximum atomic E-state index is 11.7. The first-order chi connectivity index (χ1) is 13.0. The van der Waals surface area contributed by atoms with E-state index < -0.39 is 0 Å². The maximum Gasteiger partial charge on any atom is 0.231 e. The molecule has 140 valence electrons. The molecule has 0 spiro atoms. The van der Waals surface area contributed by atoms with Crippen LogP contribution in [0.25, 0.3) is 17.1 Å². The second-order valence-corrected chi connectivity index (χ2v) is 7.29. The predicted molar refractivity (Wildman–Crippen MR) is 107 cm³/mol. The number of nitrogens with two attached hydrogens (primary N) is 1. The van der Waals surface area contributed by atoms with Gasteiger partial charge >= 0.3 is 0 Å². The summed E-state index contributed by atoms with van der Waals surface area (Å²) in [5, 5.41) is 9.00. The van der Waals surface area contributed by atoms with Crippen LogP contribution in [0.5, 0.6) is 5.75 Å². The van der Waals surface area contributed by atoms with Crippen LogP contribution in [-0.2, 0) is 4.79 Å². The maximum absolute atomic E-state index is 11.7. The number of hydrogen-bond donors (Lipinski definition) is 1. The Hall–Kier alpha value is -2.80. The van der Waals surface area contributed by atoms with Gasteiger partial charge in [0.25, 0.3) is 0 Å². The Balaban J connectivity index is 2.10. The Labute approximate surface area is 162 Å². The smallest absolute Gasteiger partial charge is 0.231 e. The number of hydrogen-bond acceptors (Lipinski definition) is 5. The van der Waals surface area contributed by atoms with E-state index in [0.717, 1.165) is 22.6 Å². The number of carbonyl (C=O) groups excluding carboxylic acids is 1. The van der Waals surface area contributed by atoms with Gasteiger partial charge in [0.05, 0.1) is 12.4 Å². The fraction of sp³-hybridized carbons (Fsp3) is 0.250. The molecule has 0 aliphatic rings. The van der Waals surface area contributed by atoms with Crippen molar-refractivity contribution in [2.45, 2.75) is 30.7 Å². The van der Waals surface area contributed by atoms with Crippen molar-refractivity contribution in [3.05, 3.63) is 54.1 Å². The summed E-state index contributed by atoms with van der Waals surface area (Å²) in [4.78, 5) is 11.7. The van der Waals surface area contributed by atoms with Crippen LogP contribution in [-0.4, -0.2) is 33.0 Å². The normalized spacial score (nSPS) is 12.0. The minimum atomic E-state index is -0.359. The van der Waals surface area contributed by atoms with Gasteiger partial charge in [-0.25, -0.2) is 0 Å². The number of ether oxygens (including phenoxy) is 1. The third-order valence-electron chi connectivity index (χ3n) is 4.21. The number of rotatable bonds is 7. The summed E-state index contributed by atoms with van der Waals surface area (Å²) in [6, 6.07) is 15.7. The van der Waals surface area contributed by atoms with Crippen molar-refractivity contribution in [1.82, 2.24) is 14.8 Å². The van der Waals surface area contributed by atoms with Crippen molar-refractivity contribution in [2.24, 2.45) is 5.73 Å².